The van der Waals surface area contributed by atoms with E-state index >= 15 is 0 Å². The summed E-state index contributed by atoms with van der Waals surface area (Å²) in [7, 11) is 0. The molecule has 0 rings (SSSR count). The van der Waals surface area contributed by atoms with Crippen molar-refractivity contribution >= 4 is 41.6 Å². The van der Waals surface area contributed by atoms with Crippen LogP contribution in [0.25, 0.3) is 0 Å². The van der Waals surface area contributed by atoms with Crippen LogP contribution in [0.3, 0.4) is 0 Å². The molecule has 0 saturated carbocycles. The monoisotopic (exact) mass is 572 g/mol. The number of hydrogen-bond acceptors (Lipinski definition) is 8. The van der Waals surface area contributed by atoms with Gasteiger partial charge in [0.1, 0.15) is 18.1 Å². The average molecular weight is 573 g/mol. The van der Waals surface area contributed by atoms with Crippen LogP contribution in [0.5, 0.6) is 0 Å². The standard InChI is InChI=1S/C23H44N10O7/c1-12(2)11-16(20(38)32-15(21(39)40)6-4-10-30-23(27)28)33-19(37)14(5-3-9-29-22(25)26)31-18(36)13(24)7-8-17(34)35/h12-16H,3-11,24H2,1-2H3,(H,31,36)(H,32,38)(H,33,37)(H,34,35)(H,39,40)(H4,25,26,29)(H4,27,28,30). The molecule has 0 aliphatic carbocycles. The van der Waals surface area contributed by atoms with Gasteiger partial charge in [-0.2, -0.15) is 0 Å². The minimum atomic E-state index is -1.27. The van der Waals surface area contributed by atoms with E-state index in [1.54, 1.807) is 0 Å². The minimum absolute atomic E-state index is 0.0396. The summed E-state index contributed by atoms with van der Waals surface area (Å²) in [4.78, 5) is 68.9. The summed E-state index contributed by atoms with van der Waals surface area (Å²) in [5.74, 6) is -4.95. The highest BCUT2D eigenvalue weighted by molar-refractivity contribution is 5.94. The number of nitrogens with two attached hydrogens (primary N) is 5. The summed E-state index contributed by atoms with van der Waals surface area (Å²) >= 11 is 0. The van der Waals surface area contributed by atoms with Gasteiger partial charge in [0.05, 0.1) is 6.04 Å². The molecule has 4 unspecified atom stereocenters. The number of amides is 3. The SMILES string of the molecule is CC(C)CC(NC(=O)C(CCCN=C(N)N)NC(=O)C(N)CCC(=O)O)C(=O)NC(CCCN=C(N)N)C(=O)O. The molecule has 0 spiro atoms. The van der Waals surface area contributed by atoms with Gasteiger partial charge in [0.15, 0.2) is 11.9 Å². The zero-order valence-corrected chi connectivity index (χ0v) is 23.0. The van der Waals surface area contributed by atoms with Gasteiger partial charge in [-0.25, -0.2) is 4.79 Å². The molecular formula is C23H44N10O7. The van der Waals surface area contributed by atoms with Crippen molar-refractivity contribution in [3.05, 3.63) is 0 Å². The Balaban J connectivity index is 5.61. The molecule has 0 aromatic rings. The quantitative estimate of drug-likeness (QED) is 0.0393. The van der Waals surface area contributed by atoms with Gasteiger partial charge in [-0.15, -0.1) is 0 Å². The normalized spacial score (nSPS) is 13.7. The van der Waals surface area contributed by atoms with Gasteiger partial charge in [-0.3, -0.25) is 29.2 Å². The van der Waals surface area contributed by atoms with Crippen molar-refractivity contribution in [3.8, 4) is 0 Å². The molecule has 0 bridgehead atoms. The number of hydrogen-bond donors (Lipinski definition) is 10. The van der Waals surface area contributed by atoms with E-state index in [1.165, 1.54) is 0 Å². The molecule has 0 aliphatic heterocycles. The Bertz CT molecular complexity index is 918. The van der Waals surface area contributed by atoms with Gasteiger partial charge in [0.25, 0.3) is 0 Å². The lowest BCUT2D eigenvalue weighted by atomic mass is 10.0. The van der Waals surface area contributed by atoms with Gasteiger partial charge in [0.2, 0.25) is 17.7 Å². The van der Waals surface area contributed by atoms with Crippen molar-refractivity contribution in [1.29, 1.82) is 0 Å². The smallest absolute Gasteiger partial charge is 0.326 e. The van der Waals surface area contributed by atoms with Crippen LogP contribution in [-0.4, -0.2) is 89.0 Å². The number of aliphatic carboxylic acids is 2. The molecule has 0 aromatic heterocycles. The van der Waals surface area contributed by atoms with Crippen molar-refractivity contribution in [2.45, 2.75) is 83.0 Å². The highest BCUT2D eigenvalue weighted by Crippen LogP contribution is 2.09. The zero-order valence-electron chi connectivity index (χ0n) is 23.0. The van der Waals surface area contributed by atoms with E-state index in [-0.39, 0.29) is 75.9 Å². The molecule has 0 aromatic carbocycles. The van der Waals surface area contributed by atoms with Gasteiger partial charge in [0, 0.05) is 19.5 Å². The maximum absolute atomic E-state index is 13.2. The first kappa shape index (κ1) is 35.9. The Morgan fingerprint density at radius 1 is 0.700 bits per heavy atom. The van der Waals surface area contributed by atoms with E-state index in [4.69, 9.17) is 33.8 Å². The van der Waals surface area contributed by atoms with Crippen molar-refractivity contribution < 1.29 is 34.2 Å². The summed E-state index contributed by atoms with van der Waals surface area (Å²) in [6.45, 7) is 3.95. The molecule has 0 saturated heterocycles. The van der Waals surface area contributed by atoms with Crippen molar-refractivity contribution in [2.75, 3.05) is 13.1 Å². The maximum atomic E-state index is 13.2. The Kier molecular flexibility index (Phi) is 17.0. The lowest BCUT2D eigenvalue weighted by molar-refractivity contribution is -0.142. The highest BCUT2D eigenvalue weighted by atomic mass is 16.4. The van der Waals surface area contributed by atoms with Gasteiger partial charge >= 0.3 is 11.9 Å². The minimum Gasteiger partial charge on any atom is -0.481 e. The predicted octanol–water partition coefficient (Wildman–Crippen LogP) is -3.13. The summed E-state index contributed by atoms with van der Waals surface area (Å²) in [5, 5.41) is 25.9. The van der Waals surface area contributed by atoms with Crippen molar-refractivity contribution in [2.24, 2.45) is 44.6 Å². The number of aliphatic imine (C=N–C) groups is 2. The summed E-state index contributed by atoms with van der Waals surface area (Å²) in [6.07, 6.45) is 0.340. The molecule has 17 heteroatoms. The Morgan fingerprint density at radius 3 is 1.60 bits per heavy atom. The van der Waals surface area contributed by atoms with Crippen LogP contribution in [0.2, 0.25) is 0 Å². The highest BCUT2D eigenvalue weighted by Gasteiger charge is 2.30. The third kappa shape index (κ3) is 16.6. The second kappa shape index (κ2) is 19.0. The van der Waals surface area contributed by atoms with E-state index in [0.717, 1.165) is 0 Å². The molecule has 17 nitrogen and oxygen atoms in total. The fourth-order valence-corrected chi connectivity index (χ4v) is 3.47. The molecule has 0 radical (unpaired) electrons. The first-order chi connectivity index (χ1) is 18.6. The largest absolute Gasteiger partial charge is 0.481 e. The number of nitrogens with zero attached hydrogens (tertiary/aromatic N) is 2. The Labute approximate surface area is 232 Å². The second-order valence-corrected chi connectivity index (χ2v) is 9.59. The average Bonchev–Trinajstić information content (AvgIpc) is 2.84. The third-order valence-corrected chi connectivity index (χ3v) is 5.48. The van der Waals surface area contributed by atoms with Crippen LogP contribution >= 0.6 is 0 Å². The number of guanidine groups is 2. The van der Waals surface area contributed by atoms with Crippen LogP contribution in [0, 0.1) is 5.92 Å². The van der Waals surface area contributed by atoms with Crippen LogP contribution in [-0.2, 0) is 24.0 Å². The Morgan fingerprint density at radius 2 is 1.15 bits per heavy atom. The summed E-state index contributed by atoms with van der Waals surface area (Å²) in [6, 6.07) is -4.72. The van der Waals surface area contributed by atoms with Gasteiger partial charge in [-0.05, 0) is 44.4 Å². The lowest BCUT2D eigenvalue weighted by Crippen LogP contribution is -2.57. The molecule has 3 amide bonds. The van der Waals surface area contributed by atoms with Crippen LogP contribution in [0.1, 0.15) is 58.8 Å². The molecule has 15 N–H and O–H groups in total. The molecule has 0 aliphatic rings. The number of carboxylic acids is 2. The van der Waals surface area contributed by atoms with E-state index in [9.17, 15) is 29.1 Å². The number of nitrogens with one attached hydrogen (secondary N) is 3. The van der Waals surface area contributed by atoms with E-state index in [2.05, 4.69) is 25.9 Å². The number of carboxylic acid groups (broad SMARTS) is 2. The van der Waals surface area contributed by atoms with E-state index in [0.29, 0.717) is 0 Å². The fraction of sp³-hybridized carbons (Fsp3) is 0.696. The van der Waals surface area contributed by atoms with Gasteiger partial charge in [-0.1, -0.05) is 13.8 Å². The lowest BCUT2D eigenvalue weighted by Gasteiger charge is -2.26. The molecule has 4 atom stereocenters. The molecule has 40 heavy (non-hydrogen) atoms. The number of carbonyl (C=O) groups excluding carboxylic acids is 3. The molecule has 0 heterocycles. The van der Waals surface area contributed by atoms with E-state index < -0.39 is 53.8 Å². The maximum Gasteiger partial charge on any atom is 0.326 e. The van der Waals surface area contributed by atoms with Crippen molar-refractivity contribution in [3.63, 3.8) is 0 Å². The topological polar surface area (TPSA) is 317 Å². The molecular weight excluding hydrogens is 528 g/mol. The van der Waals surface area contributed by atoms with Crippen LogP contribution in [0.15, 0.2) is 9.98 Å². The van der Waals surface area contributed by atoms with Crippen LogP contribution < -0.4 is 44.6 Å². The summed E-state index contributed by atoms with van der Waals surface area (Å²) < 4.78 is 0. The molecule has 0 fully saturated rings. The Hall–Kier alpha value is -4.15. The van der Waals surface area contributed by atoms with Gasteiger partial charge < -0.3 is 54.8 Å². The van der Waals surface area contributed by atoms with Crippen molar-refractivity contribution in [1.82, 2.24) is 16.0 Å². The van der Waals surface area contributed by atoms with E-state index in [1.807, 2.05) is 13.8 Å². The summed E-state index contributed by atoms with van der Waals surface area (Å²) in [5.41, 5.74) is 26.9. The first-order valence-corrected chi connectivity index (χ1v) is 12.9. The fourth-order valence-electron chi connectivity index (χ4n) is 3.47. The van der Waals surface area contributed by atoms with Crippen LogP contribution in [0.4, 0.5) is 0 Å². The first-order valence-electron chi connectivity index (χ1n) is 12.9. The predicted molar refractivity (Wildman–Crippen MR) is 148 cm³/mol. The third-order valence-electron chi connectivity index (χ3n) is 5.48. The second-order valence-electron chi connectivity index (χ2n) is 9.59. The number of carbonyl (C=O) groups is 5. The number of rotatable bonds is 20. The zero-order chi connectivity index (χ0) is 30.8. The molecule has 228 valence electrons.